The molecule has 0 aliphatic rings. The van der Waals surface area contributed by atoms with E-state index in [9.17, 15) is 19.0 Å². The van der Waals surface area contributed by atoms with Crippen LogP contribution in [0.1, 0.15) is 245 Å². The monoisotopic (exact) mass is 775 g/mol. The van der Waals surface area contributed by atoms with E-state index < -0.39 is 7.82 Å². The average molecular weight is 775 g/mol. The molecule has 0 aliphatic carbocycles. The quantitative estimate of drug-likeness (QED) is 0.0370. The molecule has 0 spiro atoms. The van der Waals surface area contributed by atoms with Crippen molar-refractivity contribution in [3.8, 4) is 0 Å². The lowest BCUT2D eigenvalue weighted by molar-refractivity contribution is -0.144. The molecule has 0 radical (unpaired) electrons. The van der Waals surface area contributed by atoms with Crippen LogP contribution in [-0.2, 0) is 32.7 Å². The fourth-order valence-corrected chi connectivity index (χ4v) is 7.40. The van der Waals surface area contributed by atoms with Crippen LogP contribution in [0.25, 0.3) is 0 Å². The second-order valence-electron chi connectivity index (χ2n) is 15.4. The van der Waals surface area contributed by atoms with Crippen molar-refractivity contribution in [2.24, 2.45) is 0 Å². The third-order valence-corrected chi connectivity index (χ3v) is 11.1. The highest BCUT2D eigenvalue weighted by molar-refractivity contribution is 7.47. The van der Waals surface area contributed by atoms with Gasteiger partial charge in [-0.1, -0.05) is 194 Å². The third-order valence-electron chi connectivity index (χ3n) is 10.1. The van der Waals surface area contributed by atoms with Crippen molar-refractivity contribution in [2.45, 2.75) is 245 Å². The molecule has 1 N–H and O–H groups in total. The summed E-state index contributed by atoms with van der Waals surface area (Å²) < 4.78 is 33.2. The topological polar surface area (TPSA) is 108 Å². The van der Waals surface area contributed by atoms with Crippen LogP contribution in [0.2, 0.25) is 0 Å². The zero-order valence-electron chi connectivity index (χ0n) is 35.0. The van der Waals surface area contributed by atoms with Crippen LogP contribution < -0.4 is 0 Å². The molecule has 0 unspecified atom stereocenters. The van der Waals surface area contributed by atoms with E-state index in [1.54, 1.807) is 0 Å². The molecular weight excluding hydrogens is 687 g/mol. The molecule has 9 heteroatoms. The summed E-state index contributed by atoms with van der Waals surface area (Å²) in [7, 11) is -3.96. The number of carbonyl (C=O) groups excluding carboxylic acids is 2. The van der Waals surface area contributed by atoms with Gasteiger partial charge in [-0.3, -0.25) is 18.6 Å². The maximum Gasteiger partial charge on any atom is 0.472 e. The molecule has 0 aromatic rings. The molecule has 0 aliphatic heterocycles. The Balaban J connectivity index is 3.36. The molecule has 0 fully saturated rings. The van der Waals surface area contributed by atoms with E-state index >= 15 is 0 Å². The summed E-state index contributed by atoms with van der Waals surface area (Å²) in [5.74, 6) is -0.0866. The number of ether oxygens (including phenoxy) is 2. The maximum absolute atomic E-state index is 12.1. The van der Waals surface area contributed by atoms with Crippen molar-refractivity contribution in [1.29, 1.82) is 0 Å². The minimum atomic E-state index is -3.96. The number of hydrogen-bond donors (Lipinski definition) is 1. The lowest BCUT2D eigenvalue weighted by atomic mass is 10.1. The smallest absolute Gasteiger partial charge is 0.466 e. The van der Waals surface area contributed by atoms with E-state index in [0.29, 0.717) is 26.1 Å². The first-order valence-electron chi connectivity index (χ1n) is 22.8. The number of hydrogen-bond acceptors (Lipinski definition) is 7. The minimum Gasteiger partial charge on any atom is -0.466 e. The Bertz CT molecular complexity index is 761. The third kappa shape index (κ3) is 43.6. The van der Waals surface area contributed by atoms with Gasteiger partial charge < -0.3 is 14.4 Å². The summed E-state index contributed by atoms with van der Waals surface area (Å²) in [6, 6.07) is 0. The van der Waals surface area contributed by atoms with E-state index in [-0.39, 0.29) is 25.2 Å². The van der Waals surface area contributed by atoms with Gasteiger partial charge in [0.05, 0.1) is 26.4 Å². The van der Waals surface area contributed by atoms with Crippen molar-refractivity contribution in [3.63, 3.8) is 0 Å². The van der Waals surface area contributed by atoms with Gasteiger partial charge in [-0.25, -0.2) is 4.57 Å². The summed E-state index contributed by atoms with van der Waals surface area (Å²) in [4.78, 5) is 33.7. The Kier molecular flexibility index (Phi) is 41.4. The number of carbonyl (C=O) groups is 2. The SMILES string of the molecule is CCCCCCCCCCCC(=O)OCCCCCCCCCCOP(=O)(O)OCCCCCCCCCCOC(=O)CCCCCCCCCCC. The molecule has 0 atom stereocenters. The summed E-state index contributed by atoms with van der Waals surface area (Å²) >= 11 is 0. The van der Waals surface area contributed by atoms with Gasteiger partial charge in [-0.15, -0.1) is 0 Å². The Morgan fingerprint density at radius 2 is 0.585 bits per heavy atom. The molecule has 0 aromatic heterocycles. The minimum absolute atomic E-state index is 0.0433. The highest BCUT2D eigenvalue weighted by Gasteiger charge is 2.20. The molecule has 0 aromatic carbocycles. The zero-order valence-corrected chi connectivity index (χ0v) is 35.9. The van der Waals surface area contributed by atoms with Crippen molar-refractivity contribution >= 4 is 19.8 Å². The summed E-state index contributed by atoms with van der Waals surface area (Å²) in [5.41, 5.74) is 0. The first-order chi connectivity index (χ1) is 25.9. The standard InChI is InChI=1S/C44H87O8P/c1-3-5-7-9-11-13-19-25-31-37-43(45)49-39-33-27-21-15-17-23-29-35-41-51-53(47,48)52-42-36-30-24-18-16-22-28-34-40-50-44(46)38-32-26-20-14-12-10-8-6-4-2/h3-42H2,1-2H3,(H,47,48). The average Bonchev–Trinajstić information content (AvgIpc) is 3.14. The number of phosphoric ester groups is 1. The fourth-order valence-electron chi connectivity index (χ4n) is 6.60. The fraction of sp³-hybridized carbons (Fsp3) is 0.955. The van der Waals surface area contributed by atoms with Crippen molar-refractivity contribution in [3.05, 3.63) is 0 Å². The van der Waals surface area contributed by atoms with E-state index in [4.69, 9.17) is 18.5 Å². The van der Waals surface area contributed by atoms with E-state index in [1.165, 1.54) is 89.9 Å². The van der Waals surface area contributed by atoms with Crippen LogP contribution in [0.5, 0.6) is 0 Å². The molecule has 8 nitrogen and oxygen atoms in total. The first kappa shape index (κ1) is 52.0. The molecule has 0 saturated carbocycles. The molecule has 0 amide bonds. The molecule has 316 valence electrons. The molecule has 0 heterocycles. The van der Waals surface area contributed by atoms with Gasteiger partial charge in [0, 0.05) is 12.8 Å². The highest BCUT2D eigenvalue weighted by Crippen LogP contribution is 2.43. The van der Waals surface area contributed by atoms with E-state index in [1.807, 2.05) is 0 Å². The van der Waals surface area contributed by atoms with E-state index in [0.717, 1.165) is 128 Å². The summed E-state index contributed by atoms with van der Waals surface area (Å²) in [6.45, 7) is 6.07. The van der Waals surface area contributed by atoms with Gasteiger partial charge in [-0.05, 0) is 38.5 Å². The van der Waals surface area contributed by atoms with E-state index in [2.05, 4.69) is 13.8 Å². The van der Waals surface area contributed by atoms with Crippen molar-refractivity contribution < 1.29 is 37.6 Å². The Hall–Kier alpha value is -0.950. The number of rotatable bonds is 44. The van der Waals surface area contributed by atoms with Gasteiger partial charge in [0.25, 0.3) is 0 Å². The van der Waals surface area contributed by atoms with Crippen LogP contribution >= 0.6 is 7.82 Å². The maximum atomic E-state index is 12.1. The zero-order chi connectivity index (χ0) is 38.8. The van der Waals surface area contributed by atoms with Gasteiger partial charge in [0.15, 0.2) is 0 Å². The number of esters is 2. The predicted molar refractivity (Wildman–Crippen MR) is 221 cm³/mol. The molecule has 0 bridgehead atoms. The predicted octanol–water partition coefficient (Wildman–Crippen LogP) is 14.3. The largest absolute Gasteiger partial charge is 0.472 e. The first-order valence-corrected chi connectivity index (χ1v) is 24.3. The molecule has 0 saturated heterocycles. The van der Waals surface area contributed by atoms with Crippen LogP contribution in [-0.4, -0.2) is 43.3 Å². The lowest BCUT2D eigenvalue weighted by Crippen LogP contribution is -2.05. The summed E-state index contributed by atoms with van der Waals surface area (Å²) in [5, 5.41) is 0. The number of unbranched alkanes of at least 4 members (excludes halogenated alkanes) is 30. The summed E-state index contributed by atoms with van der Waals surface area (Å²) in [6.07, 6.45) is 40.2. The Labute approximate surface area is 328 Å². The lowest BCUT2D eigenvalue weighted by Gasteiger charge is -2.12. The highest BCUT2D eigenvalue weighted by atomic mass is 31.2. The van der Waals surface area contributed by atoms with Crippen molar-refractivity contribution in [2.75, 3.05) is 26.4 Å². The normalized spacial score (nSPS) is 11.7. The molecule has 53 heavy (non-hydrogen) atoms. The second kappa shape index (κ2) is 42.2. The van der Waals surface area contributed by atoms with Gasteiger partial charge in [-0.2, -0.15) is 0 Å². The van der Waals surface area contributed by atoms with Gasteiger partial charge >= 0.3 is 19.8 Å². The molecular formula is C44H87O8P. The van der Waals surface area contributed by atoms with Crippen LogP contribution in [0, 0.1) is 0 Å². The Morgan fingerprint density at radius 1 is 0.358 bits per heavy atom. The molecule has 0 rings (SSSR count). The van der Waals surface area contributed by atoms with Crippen molar-refractivity contribution in [1.82, 2.24) is 0 Å². The van der Waals surface area contributed by atoms with Crippen LogP contribution in [0.15, 0.2) is 0 Å². The van der Waals surface area contributed by atoms with Crippen LogP contribution in [0.3, 0.4) is 0 Å². The Morgan fingerprint density at radius 3 is 0.868 bits per heavy atom. The van der Waals surface area contributed by atoms with Crippen LogP contribution in [0.4, 0.5) is 0 Å². The van der Waals surface area contributed by atoms with Gasteiger partial charge in [0.2, 0.25) is 0 Å². The second-order valence-corrected chi connectivity index (χ2v) is 16.8. The van der Waals surface area contributed by atoms with Gasteiger partial charge in [0.1, 0.15) is 0 Å². The number of phosphoric acid groups is 1.